The summed E-state index contributed by atoms with van der Waals surface area (Å²) in [4.78, 5) is 7.32. The molecule has 0 radical (unpaired) electrons. The van der Waals surface area contributed by atoms with Crippen LogP contribution in [-0.2, 0) is 12.0 Å². The Kier molecular flexibility index (Phi) is 6.00. The van der Waals surface area contributed by atoms with Crippen LogP contribution in [0.4, 0.5) is 5.82 Å². The molecule has 0 aromatic carbocycles. The van der Waals surface area contributed by atoms with Gasteiger partial charge >= 0.3 is 0 Å². The first-order valence-corrected chi connectivity index (χ1v) is 7.72. The van der Waals surface area contributed by atoms with Gasteiger partial charge in [0, 0.05) is 30.2 Å². The number of aromatic nitrogens is 1. The molecular formula is C17H31N3. The lowest BCUT2D eigenvalue weighted by atomic mass is 9.90. The van der Waals surface area contributed by atoms with E-state index in [4.69, 9.17) is 4.98 Å². The van der Waals surface area contributed by atoms with Crippen LogP contribution in [-0.4, -0.2) is 24.6 Å². The molecule has 0 aliphatic carbocycles. The molecule has 3 nitrogen and oxygen atoms in total. The van der Waals surface area contributed by atoms with Gasteiger partial charge < -0.3 is 10.2 Å². The fourth-order valence-corrected chi connectivity index (χ4v) is 2.29. The van der Waals surface area contributed by atoms with Crippen molar-refractivity contribution in [2.45, 2.75) is 66.0 Å². The van der Waals surface area contributed by atoms with E-state index in [1.54, 1.807) is 0 Å². The Morgan fingerprint density at radius 1 is 1.25 bits per heavy atom. The molecule has 1 heterocycles. The normalized spacial score (nSPS) is 12.0. The fourth-order valence-electron chi connectivity index (χ4n) is 2.29. The van der Waals surface area contributed by atoms with E-state index in [-0.39, 0.29) is 5.41 Å². The smallest absolute Gasteiger partial charge is 0.129 e. The Hall–Kier alpha value is -1.09. The van der Waals surface area contributed by atoms with E-state index in [0.717, 1.165) is 25.3 Å². The summed E-state index contributed by atoms with van der Waals surface area (Å²) < 4.78 is 0. The Morgan fingerprint density at radius 3 is 2.35 bits per heavy atom. The quantitative estimate of drug-likeness (QED) is 0.859. The van der Waals surface area contributed by atoms with E-state index in [1.807, 2.05) is 7.05 Å². The van der Waals surface area contributed by atoms with Crippen molar-refractivity contribution in [3.63, 3.8) is 0 Å². The van der Waals surface area contributed by atoms with Gasteiger partial charge in [-0.15, -0.1) is 0 Å². The van der Waals surface area contributed by atoms with E-state index < -0.39 is 0 Å². The van der Waals surface area contributed by atoms with E-state index in [0.29, 0.717) is 6.04 Å². The van der Waals surface area contributed by atoms with Gasteiger partial charge in [0.1, 0.15) is 5.82 Å². The summed E-state index contributed by atoms with van der Waals surface area (Å²) >= 11 is 0. The molecule has 1 N–H and O–H groups in total. The maximum absolute atomic E-state index is 4.93. The number of nitrogens with one attached hydrogen (secondary N) is 1. The zero-order valence-electron chi connectivity index (χ0n) is 14.2. The van der Waals surface area contributed by atoms with Crippen molar-refractivity contribution in [2.75, 3.05) is 18.5 Å². The standard InChI is InChI=1S/C17H31N3/c1-8-9-20(13(2)3)16-11-14(12-18-7)10-15(19-16)17(4,5)6/h10-11,13,18H,8-9,12H2,1-7H3. The summed E-state index contributed by atoms with van der Waals surface area (Å²) in [5, 5.41) is 3.24. The summed E-state index contributed by atoms with van der Waals surface area (Å²) in [6, 6.07) is 4.92. The van der Waals surface area contributed by atoms with Gasteiger partial charge in [-0.25, -0.2) is 4.98 Å². The molecule has 0 atom stereocenters. The average molecular weight is 277 g/mol. The Morgan fingerprint density at radius 2 is 1.90 bits per heavy atom. The van der Waals surface area contributed by atoms with Crippen molar-refractivity contribution in [2.24, 2.45) is 0 Å². The minimum absolute atomic E-state index is 0.0768. The lowest BCUT2D eigenvalue weighted by Gasteiger charge is -2.30. The lowest BCUT2D eigenvalue weighted by Crippen LogP contribution is -2.33. The van der Waals surface area contributed by atoms with Crippen LogP contribution in [0.25, 0.3) is 0 Å². The van der Waals surface area contributed by atoms with Crippen molar-refractivity contribution in [1.82, 2.24) is 10.3 Å². The molecule has 0 aliphatic heterocycles. The van der Waals surface area contributed by atoms with Gasteiger partial charge in [0.2, 0.25) is 0 Å². The van der Waals surface area contributed by atoms with Gasteiger partial charge in [0.25, 0.3) is 0 Å². The Bertz CT molecular complexity index is 419. The van der Waals surface area contributed by atoms with Gasteiger partial charge in [0.15, 0.2) is 0 Å². The average Bonchev–Trinajstić information content (AvgIpc) is 2.34. The minimum Gasteiger partial charge on any atom is -0.354 e. The topological polar surface area (TPSA) is 28.2 Å². The van der Waals surface area contributed by atoms with Gasteiger partial charge in [0.05, 0.1) is 0 Å². The van der Waals surface area contributed by atoms with Crippen LogP contribution >= 0.6 is 0 Å². The highest BCUT2D eigenvalue weighted by Gasteiger charge is 2.19. The van der Waals surface area contributed by atoms with E-state index in [1.165, 1.54) is 11.3 Å². The molecule has 1 aromatic heterocycles. The summed E-state index contributed by atoms with van der Waals surface area (Å²) in [6.45, 7) is 15.3. The molecule has 20 heavy (non-hydrogen) atoms. The molecule has 114 valence electrons. The molecule has 0 aliphatic rings. The Labute approximate surface area is 124 Å². The summed E-state index contributed by atoms with van der Waals surface area (Å²) in [5.74, 6) is 1.11. The first-order chi connectivity index (χ1) is 9.29. The lowest BCUT2D eigenvalue weighted by molar-refractivity contribution is 0.562. The van der Waals surface area contributed by atoms with Gasteiger partial charge in [-0.3, -0.25) is 0 Å². The monoisotopic (exact) mass is 277 g/mol. The predicted octanol–water partition coefficient (Wildman–Crippen LogP) is 3.72. The molecule has 1 aromatic rings. The van der Waals surface area contributed by atoms with Crippen molar-refractivity contribution in [3.05, 3.63) is 23.4 Å². The number of hydrogen-bond acceptors (Lipinski definition) is 3. The second kappa shape index (κ2) is 7.07. The summed E-state index contributed by atoms with van der Waals surface area (Å²) in [7, 11) is 1.99. The van der Waals surface area contributed by atoms with Crippen LogP contribution in [0.3, 0.4) is 0 Å². The van der Waals surface area contributed by atoms with Crippen LogP contribution in [0.1, 0.15) is 59.2 Å². The first-order valence-electron chi connectivity index (χ1n) is 7.72. The third-order valence-corrected chi connectivity index (χ3v) is 3.40. The zero-order valence-corrected chi connectivity index (χ0v) is 14.2. The second-order valence-electron chi connectivity index (χ2n) is 6.79. The fraction of sp³-hybridized carbons (Fsp3) is 0.706. The molecular weight excluding hydrogens is 246 g/mol. The largest absolute Gasteiger partial charge is 0.354 e. The van der Waals surface area contributed by atoms with Crippen molar-refractivity contribution in [1.29, 1.82) is 0 Å². The molecule has 0 amide bonds. The molecule has 0 spiro atoms. The maximum atomic E-state index is 4.93. The second-order valence-corrected chi connectivity index (χ2v) is 6.79. The number of hydrogen-bond donors (Lipinski definition) is 1. The summed E-state index contributed by atoms with van der Waals surface area (Å²) in [5.41, 5.74) is 2.55. The molecule has 0 bridgehead atoms. The van der Waals surface area contributed by atoms with Crippen LogP contribution in [0.15, 0.2) is 12.1 Å². The highest BCUT2D eigenvalue weighted by atomic mass is 15.2. The molecule has 0 fully saturated rings. The van der Waals surface area contributed by atoms with E-state index in [2.05, 4.69) is 63.9 Å². The molecule has 0 saturated carbocycles. The highest BCUT2D eigenvalue weighted by molar-refractivity contribution is 5.44. The molecule has 0 saturated heterocycles. The number of nitrogens with zero attached hydrogens (tertiary/aromatic N) is 2. The number of anilines is 1. The highest BCUT2D eigenvalue weighted by Crippen LogP contribution is 2.26. The third-order valence-electron chi connectivity index (χ3n) is 3.40. The number of pyridine rings is 1. The van der Waals surface area contributed by atoms with Crippen LogP contribution < -0.4 is 10.2 Å². The van der Waals surface area contributed by atoms with Crippen molar-refractivity contribution in [3.8, 4) is 0 Å². The molecule has 3 heteroatoms. The minimum atomic E-state index is 0.0768. The van der Waals surface area contributed by atoms with Crippen molar-refractivity contribution < 1.29 is 0 Å². The van der Waals surface area contributed by atoms with Crippen molar-refractivity contribution >= 4 is 5.82 Å². The third kappa shape index (κ3) is 4.48. The van der Waals surface area contributed by atoms with Gasteiger partial charge in [-0.2, -0.15) is 0 Å². The van der Waals surface area contributed by atoms with Crippen LogP contribution in [0.2, 0.25) is 0 Å². The van der Waals surface area contributed by atoms with Gasteiger partial charge in [-0.1, -0.05) is 27.7 Å². The first kappa shape index (κ1) is 17.0. The Balaban J connectivity index is 3.26. The van der Waals surface area contributed by atoms with Crippen LogP contribution in [0, 0.1) is 0 Å². The van der Waals surface area contributed by atoms with Gasteiger partial charge in [-0.05, 0) is 45.0 Å². The molecule has 0 unspecified atom stereocenters. The van der Waals surface area contributed by atoms with E-state index in [9.17, 15) is 0 Å². The molecule has 1 rings (SSSR count). The van der Waals surface area contributed by atoms with E-state index >= 15 is 0 Å². The maximum Gasteiger partial charge on any atom is 0.129 e. The van der Waals surface area contributed by atoms with Crippen LogP contribution in [0.5, 0.6) is 0 Å². The predicted molar refractivity (Wildman–Crippen MR) is 88.5 cm³/mol. The number of rotatable bonds is 6. The zero-order chi connectivity index (χ0) is 15.3. The summed E-state index contributed by atoms with van der Waals surface area (Å²) in [6.07, 6.45) is 1.14. The SMILES string of the molecule is CCCN(c1cc(CNC)cc(C(C)(C)C)n1)C(C)C.